The Morgan fingerprint density at radius 1 is 1.04 bits per heavy atom. The Balaban J connectivity index is 1.80. The summed E-state index contributed by atoms with van der Waals surface area (Å²) in [7, 11) is 0. The molecule has 5 rings (SSSR count). The molecule has 0 saturated heterocycles. The van der Waals surface area contributed by atoms with Gasteiger partial charge in [0.1, 0.15) is 0 Å². The van der Waals surface area contributed by atoms with E-state index in [0.717, 1.165) is 24.0 Å². The zero-order valence-corrected chi connectivity index (χ0v) is 14.6. The maximum absolute atomic E-state index is 11.3. The number of aromatic hydroxyl groups is 2. The molecule has 0 aliphatic heterocycles. The van der Waals surface area contributed by atoms with Crippen molar-refractivity contribution in [2.24, 2.45) is 0 Å². The Kier molecular flexibility index (Phi) is 3.10. The minimum atomic E-state index is -0.423. The van der Waals surface area contributed by atoms with E-state index in [9.17, 15) is 20.3 Å². The van der Waals surface area contributed by atoms with Crippen molar-refractivity contribution in [3.8, 4) is 17.4 Å². The first-order chi connectivity index (χ1) is 12.5. The fourth-order valence-corrected chi connectivity index (χ4v) is 5.29. The highest BCUT2D eigenvalue weighted by Gasteiger charge is 2.48. The number of thiol groups is 1. The largest absolute Gasteiger partial charge is 0.494 e. The third kappa shape index (κ3) is 1.83. The number of nitrogens with zero attached hydrogens (tertiary/aromatic N) is 2. The molecule has 26 heavy (non-hydrogen) atoms. The molecule has 2 bridgehead atoms. The van der Waals surface area contributed by atoms with Crippen molar-refractivity contribution < 1.29 is 15.1 Å². The van der Waals surface area contributed by atoms with Crippen LogP contribution in [0.4, 0.5) is 5.69 Å². The van der Waals surface area contributed by atoms with E-state index in [2.05, 4.69) is 12.6 Å². The maximum Gasteiger partial charge on any atom is 0.277 e. The van der Waals surface area contributed by atoms with Gasteiger partial charge in [-0.3, -0.25) is 14.7 Å². The van der Waals surface area contributed by atoms with Gasteiger partial charge in [0.25, 0.3) is 5.69 Å². The SMILES string of the molecule is O=[N+]([O-])c1ccc(-n2c(O)c3c(c2O)[C@@H]2C[C@H]3C[C@H]2S)c2ccccc12. The second kappa shape index (κ2) is 5.17. The second-order valence-corrected chi connectivity index (χ2v) is 7.72. The highest BCUT2D eigenvalue weighted by Crippen LogP contribution is 2.61. The number of rotatable bonds is 2. The van der Waals surface area contributed by atoms with Crippen LogP contribution in [0, 0.1) is 10.1 Å². The summed E-state index contributed by atoms with van der Waals surface area (Å²) in [6.45, 7) is 0. The molecule has 2 N–H and O–H groups in total. The molecule has 6 nitrogen and oxygen atoms in total. The summed E-state index contributed by atoms with van der Waals surface area (Å²) in [5, 5.41) is 34.4. The molecule has 0 radical (unpaired) electrons. The number of aromatic nitrogens is 1. The summed E-state index contributed by atoms with van der Waals surface area (Å²) in [5.74, 6) is 0.385. The molecule has 1 saturated carbocycles. The molecule has 3 atom stereocenters. The number of fused-ring (bicyclic) bond motifs is 6. The summed E-state index contributed by atoms with van der Waals surface area (Å²) in [4.78, 5) is 10.9. The number of nitro benzene ring substituents is 1. The fourth-order valence-electron chi connectivity index (χ4n) is 4.76. The van der Waals surface area contributed by atoms with Crippen molar-refractivity contribution in [3.05, 3.63) is 57.6 Å². The molecule has 1 aromatic heterocycles. The maximum atomic E-state index is 11.3. The molecule has 1 heterocycles. The standard InChI is InChI=1S/C19H16N2O4S/c22-18-16-9-7-12(15(26)8-9)17(16)19(23)20(18)13-5-6-14(21(24)25)11-4-2-1-3-10(11)13/h1-6,9,12,15,22-23,26H,7-8H2/t9-,12+,15+/m0/s1. The van der Waals surface area contributed by atoms with Crippen LogP contribution in [0.3, 0.4) is 0 Å². The van der Waals surface area contributed by atoms with Crippen LogP contribution >= 0.6 is 12.6 Å². The summed E-state index contributed by atoms with van der Waals surface area (Å²) >= 11 is 4.62. The van der Waals surface area contributed by atoms with Crippen LogP contribution < -0.4 is 0 Å². The molecule has 1 fully saturated rings. The monoisotopic (exact) mass is 368 g/mol. The Morgan fingerprint density at radius 3 is 2.46 bits per heavy atom. The van der Waals surface area contributed by atoms with Gasteiger partial charge < -0.3 is 10.2 Å². The molecular formula is C19H16N2O4S. The summed E-state index contributed by atoms with van der Waals surface area (Å²) in [6, 6.07) is 9.95. The van der Waals surface area contributed by atoms with E-state index in [1.807, 2.05) is 0 Å². The Labute approximate surface area is 154 Å². The van der Waals surface area contributed by atoms with Crippen LogP contribution in [0.25, 0.3) is 16.5 Å². The molecule has 132 valence electrons. The lowest BCUT2D eigenvalue weighted by atomic mass is 9.94. The molecule has 0 unspecified atom stereocenters. The van der Waals surface area contributed by atoms with Crippen LogP contribution in [-0.2, 0) is 0 Å². The van der Waals surface area contributed by atoms with Gasteiger partial charge in [-0.05, 0) is 30.9 Å². The molecule has 2 aromatic carbocycles. The van der Waals surface area contributed by atoms with Gasteiger partial charge in [0.2, 0.25) is 11.8 Å². The van der Waals surface area contributed by atoms with Gasteiger partial charge in [-0.15, -0.1) is 0 Å². The zero-order valence-electron chi connectivity index (χ0n) is 13.7. The van der Waals surface area contributed by atoms with Crippen molar-refractivity contribution in [3.63, 3.8) is 0 Å². The minimum absolute atomic E-state index is 0.00137. The Bertz CT molecular complexity index is 1090. The lowest BCUT2D eigenvalue weighted by Gasteiger charge is -2.16. The van der Waals surface area contributed by atoms with Gasteiger partial charge in [-0.25, -0.2) is 0 Å². The van der Waals surface area contributed by atoms with Gasteiger partial charge in [0.15, 0.2) is 0 Å². The summed E-state index contributed by atoms with van der Waals surface area (Å²) < 4.78 is 1.42. The molecule has 2 aliphatic rings. The van der Waals surface area contributed by atoms with Crippen molar-refractivity contribution in [2.75, 3.05) is 0 Å². The van der Waals surface area contributed by atoms with Gasteiger partial charge in [0.05, 0.1) is 16.0 Å². The fraction of sp³-hybridized carbons (Fsp3) is 0.263. The molecule has 2 aliphatic carbocycles. The van der Waals surface area contributed by atoms with Crippen molar-refractivity contribution in [2.45, 2.75) is 29.9 Å². The van der Waals surface area contributed by atoms with Gasteiger partial charge in [-0.2, -0.15) is 12.6 Å². The predicted octanol–water partition coefficient (Wildman–Crippen LogP) is 4.22. The molecule has 0 spiro atoms. The van der Waals surface area contributed by atoms with Crippen molar-refractivity contribution in [1.29, 1.82) is 0 Å². The third-order valence-electron chi connectivity index (χ3n) is 5.82. The summed E-state index contributed by atoms with van der Waals surface area (Å²) in [5.41, 5.74) is 2.12. The highest BCUT2D eigenvalue weighted by atomic mass is 32.1. The first kappa shape index (κ1) is 15.6. The molecule has 7 heteroatoms. The normalized spacial score (nSPS) is 23.5. The van der Waals surface area contributed by atoms with E-state index in [4.69, 9.17) is 0 Å². The first-order valence-corrected chi connectivity index (χ1v) is 9.01. The van der Waals surface area contributed by atoms with Crippen molar-refractivity contribution >= 4 is 29.1 Å². The van der Waals surface area contributed by atoms with Crippen LogP contribution in [0.15, 0.2) is 36.4 Å². The van der Waals surface area contributed by atoms with Crippen LogP contribution in [0.1, 0.15) is 35.8 Å². The number of non-ortho nitro benzene ring substituents is 1. The first-order valence-electron chi connectivity index (χ1n) is 8.50. The Hall–Kier alpha value is -2.67. The van der Waals surface area contributed by atoms with E-state index < -0.39 is 4.92 Å². The van der Waals surface area contributed by atoms with E-state index in [-0.39, 0.29) is 34.5 Å². The predicted molar refractivity (Wildman–Crippen MR) is 101 cm³/mol. The van der Waals surface area contributed by atoms with Crippen molar-refractivity contribution in [1.82, 2.24) is 4.57 Å². The van der Waals surface area contributed by atoms with Crippen LogP contribution in [0.2, 0.25) is 0 Å². The molecule has 0 amide bonds. The zero-order chi connectivity index (χ0) is 18.2. The molecule has 3 aromatic rings. The number of hydrogen-bond donors (Lipinski definition) is 3. The number of benzene rings is 2. The van der Waals surface area contributed by atoms with Crippen LogP contribution in [-0.4, -0.2) is 25.0 Å². The van der Waals surface area contributed by atoms with Gasteiger partial charge >= 0.3 is 0 Å². The summed E-state index contributed by atoms with van der Waals surface area (Å²) in [6.07, 6.45) is 1.79. The number of hydrogen-bond acceptors (Lipinski definition) is 5. The van der Waals surface area contributed by atoms with E-state index >= 15 is 0 Å². The Morgan fingerprint density at radius 2 is 1.73 bits per heavy atom. The lowest BCUT2D eigenvalue weighted by Crippen LogP contribution is -2.08. The number of nitro groups is 1. The highest BCUT2D eigenvalue weighted by molar-refractivity contribution is 7.81. The van der Waals surface area contributed by atoms with E-state index in [1.165, 1.54) is 10.6 Å². The second-order valence-electron chi connectivity index (χ2n) is 7.06. The lowest BCUT2D eigenvalue weighted by molar-refractivity contribution is -0.383. The van der Waals surface area contributed by atoms with Gasteiger partial charge in [0, 0.05) is 33.7 Å². The quantitative estimate of drug-likeness (QED) is 0.359. The van der Waals surface area contributed by atoms with Crippen LogP contribution in [0.5, 0.6) is 11.8 Å². The average molecular weight is 368 g/mol. The average Bonchev–Trinajstić information content (AvgIpc) is 3.25. The topological polar surface area (TPSA) is 88.5 Å². The van der Waals surface area contributed by atoms with E-state index in [0.29, 0.717) is 16.5 Å². The van der Waals surface area contributed by atoms with Gasteiger partial charge in [-0.1, -0.05) is 18.2 Å². The molecular weight excluding hydrogens is 352 g/mol. The minimum Gasteiger partial charge on any atom is -0.494 e. The smallest absolute Gasteiger partial charge is 0.277 e. The third-order valence-corrected chi connectivity index (χ3v) is 6.39. The van der Waals surface area contributed by atoms with E-state index in [1.54, 1.807) is 30.3 Å².